The van der Waals surface area contributed by atoms with E-state index in [0.29, 0.717) is 5.78 Å². The van der Waals surface area contributed by atoms with Crippen LogP contribution in [-0.4, -0.2) is 16.7 Å². The van der Waals surface area contributed by atoms with E-state index in [9.17, 15) is 9.59 Å². The van der Waals surface area contributed by atoms with Crippen molar-refractivity contribution < 1.29 is 14.3 Å². The van der Waals surface area contributed by atoms with Gasteiger partial charge < -0.3 is 4.74 Å². The lowest BCUT2D eigenvalue weighted by Crippen LogP contribution is -2.13. The molecule has 1 aromatic heterocycles. The van der Waals surface area contributed by atoms with Crippen LogP contribution >= 0.6 is 0 Å². The number of ketones is 1. The highest BCUT2D eigenvalue weighted by Crippen LogP contribution is 2.26. The van der Waals surface area contributed by atoms with Gasteiger partial charge in [0.1, 0.15) is 12.4 Å². The SMILES string of the molecule is CC(C(=O)OCc1ccncc1)c1ccc(CC2CCCC2=O)cc1. The van der Waals surface area contributed by atoms with Gasteiger partial charge >= 0.3 is 5.97 Å². The van der Waals surface area contributed by atoms with E-state index in [1.165, 1.54) is 0 Å². The molecule has 2 aromatic rings. The van der Waals surface area contributed by atoms with Gasteiger partial charge in [0.25, 0.3) is 0 Å². The third-order valence-electron chi connectivity index (χ3n) is 4.88. The molecule has 1 saturated carbocycles. The van der Waals surface area contributed by atoms with Crippen molar-refractivity contribution in [1.82, 2.24) is 4.98 Å². The van der Waals surface area contributed by atoms with Crippen LogP contribution < -0.4 is 0 Å². The number of esters is 1. The molecule has 4 heteroatoms. The summed E-state index contributed by atoms with van der Waals surface area (Å²) in [6.07, 6.45) is 6.91. The zero-order chi connectivity index (χ0) is 17.6. The molecule has 2 atom stereocenters. The van der Waals surface area contributed by atoms with E-state index in [1.54, 1.807) is 12.4 Å². The lowest BCUT2D eigenvalue weighted by Gasteiger charge is -2.13. The number of ether oxygens (including phenoxy) is 1. The van der Waals surface area contributed by atoms with E-state index in [0.717, 1.165) is 42.4 Å². The Labute approximate surface area is 148 Å². The Balaban J connectivity index is 1.55. The van der Waals surface area contributed by atoms with Crippen molar-refractivity contribution >= 4 is 11.8 Å². The van der Waals surface area contributed by atoms with Crippen LogP contribution in [0.2, 0.25) is 0 Å². The number of nitrogens with zero attached hydrogens (tertiary/aromatic N) is 1. The predicted octanol–water partition coefficient (Wildman–Crippen LogP) is 3.84. The molecule has 0 bridgehead atoms. The lowest BCUT2D eigenvalue weighted by molar-refractivity contribution is -0.146. The first-order valence-corrected chi connectivity index (χ1v) is 8.80. The van der Waals surface area contributed by atoms with Crippen molar-refractivity contribution in [2.75, 3.05) is 0 Å². The van der Waals surface area contributed by atoms with E-state index >= 15 is 0 Å². The average molecular weight is 337 g/mol. The Kier molecular flexibility index (Phi) is 5.59. The van der Waals surface area contributed by atoms with E-state index in [2.05, 4.69) is 4.98 Å². The van der Waals surface area contributed by atoms with Crippen molar-refractivity contribution in [3.05, 3.63) is 65.5 Å². The number of benzene rings is 1. The molecule has 130 valence electrons. The fourth-order valence-corrected chi connectivity index (χ4v) is 3.23. The number of hydrogen-bond acceptors (Lipinski definition) is 4. The molecule has 1 aliphatic carbocycles. The molecule has 0 spiro atoms. The number of carbonyl (C=O) groups is 2. The monoisotopic (exact) mass is 337 g/mol. The minimum absolute atomic E-state index is 0.175. The molecule has 0 amide bonds. The molecule has 1 aliphatic rings. The summed E-state index contributed by atoms with van der Waals surface area (Å²) in [5, 5.41) is 0. The predicted molar refractivity (Wildman–Crippen MR) is 94.9 cm³/mol. The van der Waals surface area contributed by atoms with Gasteiger partial charge in [0.15, 0.2) is 0 Å². The van der Waals surface area contributed by atoms with Gasteiger partial charge in [0.05, 0.1) is 5.92 Å². The van der Waals surface area contributed by atoms with E-state index in [-0.39, 0.29) is 24.4 Å². The number of aromatic nitrogens is 1. The summed E-state index contributed by atoms with van der Waals surface area (Å²) in [6.45, 7) is 2.11. The molecule has 0 saturated heterocycles. The number of carbonyl (C=O) groups excluding carboxylic acids is 2. The quantitative estimate of drug-likeness (QED) is 0.752. The van der Waals surface area contributed by atoms with Gasteiger partial charge in [-0.15, -0.1) is 0 Å². The van der Waals surface area contributed by atoms with Crippen LogP contribution in [0.15, 0.2) is 48.8 Å². The molecule has 1 aromatic carbocycles. The summed E-state index contributed by atoms with van der Waals surface area (Å²) in [5.74, 6) is 0.00488. The second-order valence-corrected chi connectivity index (χ2v) is 6.69. The van der Waals surface area contributed by atoms with Gasteiger partial charge in [-0.25, -0.2) is 0 Å². The first-order valence-electron chi connectivity index (χ1n) is 8.80. The highest BCUT2D eigenvalue weighted by Gasteiger charge is 2.24. The maximum absolute atomic E-state index is 12.2. The molecule has 4 nitrogen and oxygen atoms in total. The Morgan fingerprint density at radius 2 is 1.88 bits per heavy atom. The van der Waals surface area contributed by atoms with Crippen molar-refractivity contribution in [3.63, 3.8) is 0 Å². The van der Waals surface area contributed by atoms with Crippen LogP contribution in [0, 0.1) is 5.92 Å². The first-order chi connectivity index (χ1) is 12.1. The molecule has 0 radical (unpaired) electrons. The largest absolute Gasteiger partial charge is 0.460 e. The summed E-state index contributed by atoms with van der Waals surface area (Å²) < 4.78 is 5.38. The zero-order valence-corrected chi connectivity index (χ0v) is 14.5. The minimum atomic E-state index is -0.316. The summed E-state index contributed by atoms with van der Waals surface area (Å²) in [6, 6.07) is 11.6. The molecule has 1 fully saturated rings. The van der Waals surface area contributed by atoms with Gasteiger partial charge in [-0.05, 0) is 55.0 Å². The minimum Gasteiger partial charge on any atom is -0.460 e. The summed E-state index contributed by atoms with van der Waals surface area (Å²) in [4.78, 5) is 28.0. The molecule has 25 heavy (non-hydrogen) atoms. The van der Waals surface area contributed by atoms with Gasteiger partial charge in [-0.3, -0.25) is 14.6 Å². The van der Waals surface area contributed by atoms with E-state index in [4.69, 9.17) is 4.74 Å². The average Bonchev–Trinajstić information content (AvgIpc) is 3.05. The fraction of sp³-hybridized carbons (Fsp3) is 0.381. The zero-order valence-electron chi connectivity index (χ0n) is 14.5. The van der Waals surface area contributed by atoms with Crippen LogP contribution in [0.3, 0.4) is 0 Å². The maximum Gasteiger partial charge on any atom is 0.313 e. The van der Waals surface area contributed by atoms with Crippen LogP contribution in [-0.2, 0) is 27.4 Å². The van der Waals surface area contributed by atoms with Crippen LogP contribution in [0.25, 0.3) is 0 Å². The van der Waals surface area contributed by atoms with Gasteiger partial charge in [-0.2, -0.15) is 0 Å². The van der Waals surface area contributed by atoms with Crippen molar-refractivity contribution in [3.8, 4) is 0 Å². The van der Waals surface area contributed by atoms with E-state index < -0.39 is 0 Å². The third-order valence-corrected chi connectivity index (χ3v) is 4.88. The second kappa shape index (κ2) is 8.06. The molecular weight excluding hydrogens is 314 g/mol. The molecule has 0 aliphatic heterocycles. The lowest BCUT2D eigenvalue weighted by atomic mass is 9.94. The number of pyridine rings is 1. The smallest absolute Gasteiger partial charge is 0.313 e. The Bertz CT molecular complexity index is 725. The summed E-state index contributed by atoms with van der Waals surface area (Å²) in [7, 11) is 0. The third kappa shape index (κ3) is 4.53. The van der Waals surface area contributed by atoms with E-state index in [1.807, 2.05) is 43.3 Å². The van der Waals surface area contributed by atoms with Crippen molar-refractivity contribution in [2.24, 2.45) is 5.92 Å². The molecule has 2 unspecified atom stereocenters. The first kappa shape index (κ1) is 17.3. The van der Waals surface area contributed by atoms with Gasteiger partial charge in [-0.1, -0.05) is 24.3 Å². The number of hydrogen-bond donors (Lipinski definition) is 0. The van der Waals surface area contributed by atoms with Gasteiger partial charge in [0, 0.05) is 24.7 Å². The standard InChI is InChI=1S/C21H23NO3/c1-15(21(24)25-14-17-9-11-22-12-10-17)18-7-5-16(6-8-18)13-19-3-2-4-20(19)23/h5-12,15,19H,2-4,13-14H2,1H3. The molecule has 0 N–H and O–H groups in total. The van der Waals surface area contributed by atoms with Crippen molar-refractivity contribution in [1.29, 1.82) is 0 Å². The highest BCUT2D eigenvalue weighted by atomic mass is 16.5. The Morgan fingerprint density at radius 1 is 1.16 bits per heavy atom. The number of rotatable bonds is 6. The Hall–Kier alpha value is -2.49. The topological polar surface area (TPSA) is 56.3 Å². The van der Waals surface area contributed by atoms with Crippen LogP contribution in [0.4, 0.5) is 0 Å². The fourth-order valence-electron chi connectivity index (χ4n) is 3.23. The van der Waals surface area contributed by atoms with Crippen LogP contribution in [0.1, 0.15) is 48.8 Å². The maximum atomic E-state index is 12.2. The number of Topliss-reactive ketones (excluding diaryl/α,β-unsaturated/α-hetero) is 1. The second-order valence-electron chi connectivity index (χ2n) is 6.69. The normalized spacial score (nSPS) is 18.1. The molecule has 1 heterocycles. The summed E-state index contributed by atoms with van der Waals surface area (Å²) in [5.41, 5.74) is 3.01. The van der Waals surface area contributed by atoms with Crippen LogP contribution in [0.5, 0.6) is 0 Å². The Morgan fingerprint density at radius 3 is 2.52 bits per heavy atom. The highest BCUT2D eigenvalue weighted by molar-refractivity contribution is 5.83. The van der Waals surface area contributed by atoms with Gasteiger partial charge in [0.2, 0.25) is 0 Å². The molecular formula is C21H23NO3. The molecule has 3 rings (SSSR count). The van der Waals surface area contributed by atoms with Crippen molar-refractivity contribution in [2.45, 2.75) is 45.1 Å². The summed E-state index contributed by atoms with van der Waals surface area (Å²) >= 11 is 0.